The first-order valence-electron chi connectivity index (χ1n) is 7.32. The summed E-state index contributed by atoms with van der Waals surface area (Å²) in [4.78, 5) is 0. The number of ether oxygens (including phenoxy) is 2. The highest BCUT2D eigenvalue weighted by atomic mass is 16.8. The Morgan fingerprint density at radius 3 is 2.37 bits per heavy atom. The molecule has 1 N–H and O–H groups in total. The summed E-state index contributed by atoms with van der Waals surface area (Å²) in [6, 6.07) is 10.3. The van der Waals surface area contributed by atoms with Gasteiger partial charge in [-0.2, -0.15) is 0 Å². The van der Waals surface area contributed by atoms with Crippen LogP contribution in [-0.2, 0) is 15.9 Å². The number of benzene rings is 1. The van der Waals surface area contributed by atoms with Gasteiger partial charge in [-0.25, -0.2) is 0 Å². The van der Waals surface area contributed by atoms with E-state index in [1.165, 1.54) is 12.0 Å². The maximum atomic E-state index is 9.52. The fraction of sp³-hybridized carbons (Fsp3) is 0.625. The highest BCUT2D eigenvalue weighted by Crippen LogP contribution is 2.41. The number of rotatable bonds is 3. The van der Waals surface area contributed by atoms with Gasteiger partial charge < -0.3 is 14.6 Å². The predicted molar refractivity (Wildman–Crippen MR) is 72.8 cm³/mol. The maximum Gasteiger partial charge on any atom is 0.169 e. The smallest absolute Gasteiger partial charge is 0.169 e. The monoisotopic (exact) mass is 262 g/mol. The molecule has 0 radical (unpaired) electrons. The standard InChI is InChI=1S/C16H22O3/c17-12-15-14(11-13-7-3-1-4-8-13)18-16(19-15)9-5-2-6-10-16/h1,3-4,7-8,14-15,17H,2,5-6,9-12H2/t14-,15-/m1/s1. The van der Waals surface area contributed by atoms with Crippen LogP contribution in [0.25, 0.3) is 0 Å². The lowest BCUT2D eigenvalue weighted by molar-refractivity contribution is -0.195. The van der Waals surface area contributed by atoms with E-state index in [1.54, 1.807) is 0 Å². The second kappa shape index (κ2) is 5.61. The van der Waals surface area contributed by atoms with Crippen LogP contribution in [0.1, 0.15) is 37.7 Å². The molecule has 0 aromatic heterocycles. The van der Waals surface area contributed by atoms with E-state index >= 15 is 0 Å². The molecule has 1 spiro atoms. The summed E-state index contributed by atoms with van der Waals surface area (Å²) in [6.45, 7) is 0.0409. The summed E-state index contributed by atoms with van der Waals surface area (Å²) in [5, 5.41) is 9.52. The average molecular weight is 262 g/mol. The van der Waals surface area contributed by atoms with Gasteiger partial charge in [-0.1, -0.05) is 36.8 Å². The van der Waals surface area contributed by atoms with E-state index in [2.05, 4.69) is 12.1 Å². The van der Waals surface area contributed by atoms with Gasteiger partial charge in [0.15, 0.2) is 5.79 Å². The molecule has 3 heteroatoms. The highest BCUT2D eigenvalue weighted by Gasteiger charge is 2.47. The topological polar surface area (TPSA) is 38.7 Å². The molecular weight excluding hydrogens is 240 g/mol. The number of aliphatic hydroxyl groups is 1. The molecule has 19 heavy (non-hydrogen) atoms. The minimum Gasteiger partial charge on any atom is -0.394 e. The Bertz CT molecular complexity index is 398. The Labute approximate surface area is 114 Å². The Hall–Kier alpha value is -0.900. The summed E-state index contributed by atoms with van der Waals surface area (Å²) in [5.74, 6) is -0.412. The number of hydrogen-bond donors (Lipinski definition) is 1. The fourth-order valence-electron chi connectivity index (χ4n) is 3.23. The van der Waals surface area contributed by atoms with E-state index in [0.29, 0.717) is 0 Å². The van der Waals surface area contributed by atoms with Crippen LogP contribution in [0.3, 0.4) is 0 Å². The van der Waals surface area contributed by atoms with Crippen molar-refractivity contribution in [1.29, 1.82) is 0 Å². The molecule has 1 aliphatic carbocycles. The van der Waals surface area contributed by atoms with Crippen LogP contribution < -0.4 is 0 Å². The molecule has 1 saturated carbocycles. The first-order chi connectivity index (χ1) is 9.31. The summed E-state index contributed by atoms with van der Waals surface area (Å²) < 4.78 is 12.3. The lowest BCUT2D eigenvalue weighted by Crippen LogP contribution is -2.33. The lowest BCUT2D eigenvalue weighted by Gasteiger charge is -2.32. The third-order valence-electron chi connectivity index (χ3n) is 4.22. The van der Waals surface area contributed by atoms with Crippen LogP contribution in [0, 0.1) is 0 Å². The van der Waals surface area contributed by atoms with Crippen LogP contribution in [0.2, 0.25) is 0 Å². The van der Waals surface area contributed by atoms with Gasteiger partial charge in [0.05, 0.1) is 12.7 Å². The third kappa shape index (κ3) is 2.83. The van der Waals surface area contributed by atoms with Gasteiger partial charge in [-0.15, -0.1) is 0 Å². The lowest BCUT2D eigenvalue weighted by atomic mass is 9.94. The molecule has 1 heterocycles. The summed E-state index contributed by atoms with van der Waals surface area (Å²) in [7, 11) is 0. The molecule has 3 nitrogen and oxygen atoms in total. The van der Waals surface area contributed by atoms with Crippen molar-refractivity contribution in [2.75, 3.05) is 6.61 Å². The van der Waals surface area contributed by atoms with E-state index in [1.807, 2.05) is 18.2 Å². The van der Waals surface area contributed by atoms with Crippen molar-refractivity contribution in [3.63, 3.8) is 0 Å². The van der Waals surface area contributed by atoms with E-state index in [-0.39, 0.29) is 18.8 Å². The van der Waals surface area contributed by atoms with Crippen LogP contribution in [0.5, 0.6) is 0 Å². The minimum atomic E-state index is -0.412. The van der Waals surface area contributed by atoms with Crippen LogP contribution >= 0.6 is 0 Å². The van der Waals surface area contributed by atoms with Crippen molar-refractivity contribution >= 4 is 0 Å². The van der Waals surface area contributed by atoms with Gasteiger partial charge in [0, 0.05) is 19.3 Å². The fourth-order valence-corrected chi connectivity index (χ4v) is 3.23. The van der Waals surface area contributed by atoms with Gasteiger partial charge in [-0.05, 0) is 18.4 Å². The van der Waals surface area contributed by atoms with E-state index < -0.39 is 5.79 Å². The molecular formula is C16H22O3. The van der Waals surface area contributed by atoms with E-state index in [9.17, 15) is 5.11 Å². The van der Waals surface area contributed by atoms with E-state index in [4.69, 9.17) is 9.47 Å². The molecule has 1 saturated heterocycles. The molecule has 0 bridgehead atoms. The zero-order chi connectivity index (χ0) is 13.1. The van der Waals surface area contributed by atoms with Gasteiger partial charge >= 0.3 is 0 Å². The van der Waals surface area contributed by atoms with Crippen molar-refractivity contribution in [1.82, 2.24) is 0 Å². The molecule has 1 aromatic carbocycles. The van der Waals surface area contributed by atoms with Crippen LogP contribution in [0.15, 0.2) is 30.3 Å². The van der Waals surface area contributed by atoms with Gasteiger partial charge in [-0.3, -0.25) is 0 Å². The number of aliphatic hydroxyl groups excluding tert-OH is 1. The third-order valence-corrected chi connectivity index (χ3v) is 4.22. The molecule has 104 valence electrons. The molecule has 0 amide bonds. The van der Waals surface area contributed by atoms with Crippen molar-refractivity contribution in [2.24, 2.45) is 0 Å². The molecule has 0 unspecified atom stereocenters. The molecule has 1 aromatic rings. The summed E-state index contributed by atoms with van der Waals surface area (Å²) in [6.07, 6.45) is 6.13. The summed E-state index contributed by atoms with van der Waals surface area (Å²) >= 11 is 0. The maximum absolute atomic E-state index is 9.52. The SMILES string of the molecule is OC[C@H]1OC2(CCCCC2)O[C@@H]1Cc1ccccc1. The Balaban J connectivity index is 1.70. The van der Waals surface area contributed by atoms with Gasteiger partial charge in [0.1, 0.15) is 6.10 Å². The van der Waals surface area contributed by atoms with Crippen LogP contribution in [-0.4, -0.2) is 29.7 Å². The predicted octanol–water partition coefficient (Wildman–Crippen LogP) is 2.67. The average Bonchev–Trinajstić information content (AvgIpc) is 2.78. The summed E-state index contributed by atoms with van der Waals surface area (Å²) in [5.41, 5.74) is 1.24. The molecule has 3 rings (SSSR count). The molecule has 2 fully saturated rings. The largest absolute Gasteiger partial charge is 0.394 e. The normalized spacial score (nSPS) is 29.7. The first kappa shape index (κ1) is 13.1. The van der Waals surface area contributed by atoms with Gasteiger partial charge in [0.2, 0.25) is 0 Å². The molecule has 2 aliphatic rings. The number of hydrogen-bond acceptors (Lipinski definition) is 3. The quantitative estimate of drug-likeness (QED) is 0.910. The first-order valence-corrected chi connectivity index (χ1v) is 7.32. The molecule has 1 aliphatic heterocycles. The Morgan fingerprint density at radius 1 is 1.00 bits per heavy atom. The second-order valence-corrected chi connectivity index (χ2v) is 5.66. The second-order valence-electron chi connectivity index (χ2n) is 5.66. The van der Waals surface area contributed by atoms with Gasteiger partial charge in [0.25, 0.3) is 0 Å². The molecule has 2 atom stereocenters. The zero-order valence-corrected chi connectivity index (χ0v) is 11.3. The Kier molecular flexibility index (Phi) is 3.87. The zero-order valence-electron chi connectivity index (χ0n) is 11.3. The van der Waals surface area contributed by atoms with Crippen molar-refractivity contribution in [3.05, 3.63) is 35.9 Å². The Morgan fingerprint density at radius 2 is 1.68 bits per heavy atom. The van der Waals surface area contributed by atoms with E-state index in [0.717, 1.165) is 32.1 Å². The van der Waals surface area contributed by atoms with Crippen molar-refractivity contribution in [3.8, 4) is 0 Å². The van der Waals surface area contributed by atoms with Crippen LogP contribution in [0.4, 0.5) is 0 Å². The van der Waals surface area contributed by atoms with Crippen molar-refractivity contribution < 1.29 is 14.6 Å². The minimum absolute atomic E-state index is 0.0227. The highest BCUT2D eigenvalue weighted by molar-refractivity contribution is 5.16. The van der Waals surface area contributed by atoms with Crippen molar-refractivity contribution in [2.45, 2.75) is 56.5 Å².